The van der Waals surface area contributed by atoms with E-state index in [1.807, 2.05) is 0 Å². The number of benzene rings is 2. The lowest BCUT2D eigenvalue weighted by molar-refractivity contribution is -0.385. The molecule has 0 saturated carbocycles. The summed E-state index contributed by atoms with van der Waals surface area (Å²) in [5.41, 5.74) is 0.615. The number of hydrogen-bond acceptors (Lipinski definition) is 8. The van der Waals surface area contributed by atoms with Gasteiger partial charge in [0.05, 0.1) is 37.5 Å². The van der Waals surface area contributed by atoms with Crippen LogP contribution in [-0.4, -0.2) is 47.4 Å². The molecule has 11 nitrogen and oxygen atoms in total. The lowest BCUT2D eigenvalue weighted by atomic mass is 10.1. The molecule has 11 heteroatoms. The van der Waals surface area contributed by atoms with E-state index in [1.165, 1.54) is 31.0 Å². The van der Waals surface area contributed by atoms with Gasteiger partial charge in [0.25, 0.3) is 11.6 Å². The van der Waals surface area contributed by atoms with E-state index >= 15 is 0 Å². The highest BCUT2D eigenvalue weighted by molar-refractivity contribution is 6.07. The second-order valence-electron chi connectivity index (χ2n) is 6.35. The van der Waals surface area contributed by atoms with Crippen molar-refractivity contribution in [1.29, 1.82) is 0 Å². The number of ether oxygens (including phenoxy) is 3. The first kappa shape index (κ1) is 22.3. The normalized spacial score (nSPS) is 10.3. The monoisotopic (exact) mass is 440 g/mol. The highest BCUT2D eigenvalue weighted by atomic mass is 16.6. The molecule has 0 aliphatic heterocycles. The van der Waals surface area contributed by atoms with E-state index in [0.717, 1.165) is 6.07 Å². The maximum Gasteiger partial charge on any atom is 0.358 e. The average molecular weight is 440 g/mol. The summed E-state index contributed by atoms with van der Waals surface area (Å²) in [6, 6.07) is 10.5. The average Bonchev–Trinajstić information content (AvgIpc) is 3.29. The van der Waals surface area contributed by atoms with Crippen LogP contribution in [0.3, 0.4) is 0 Å². The van der Waals surface area contributed by atoms with Crippen LogP contribution < -0.4 is 14.8 Å². The number of anilines is 1. The van der Waals surface area contributed by atoms with Crippen molar-refractivity contribution in [3.05, 3.63) is 70.0 Å². The van der Waals surface area contributed by atoms with Crippen LogP contribution in [0.2, 0.25) is 0 Å². The van der Waals surface area contributed by atoms with Gasteiger partial charge in [-0.2, -0.15) is 5.10 Å². The Hall–Kier alpha value is -4.41. The number of aromatic nitrogens is 2. The van der Waals surface area contributed by atoms with Crippen LogP contribution in [0.1, 0.15) is 27.8 Å². The van der Waals surface area contributed by atoms with Crippen molar-refractivity contribution < 1.29 is 28.7 Å². The lowest BCUT2D eigenvalue weighted by Gasteiger charge is -2.11. The number of nitrogens with one attached hydrogen (secondary N) is 1. The fourth-order valence-corrected chi connectivity index (χ4v) is 2.88. The molecule has 0 aliphatic carbocycles. The van der Waals surface area contributed by atoms with Crippen LogP contribution in [0, 0.1) is 10.1 Å². The highest BCUT2D eigenvalue weighted by Crippen LogP contribution is 2.34. The van der Waals surface area contributed by atoms with Gasteiger partial charge in [-0.25, -0.2) is 9.48 Å². The molecule has 3 rings (SSSR count). The Kier molecular flexibility index (Phi) is 6.68. The van der Waals surface area contributed by atoms with Crippen LogP contribution in [0.4, 0.5) is 11.4 Å². The first-order valence-corrected chi connectivity index (χ1v) is 9.43. The minimum Gasteiger partial charge on any atom is -0.493 e. The quantitative estimate of drug-likeness (QED) is 0.320. The Balaban J connectivity index is 1.81. The summed E-state index contributed by atoms with van der Waals surface area (Å²) in [5, 5.41) is 18.2. The van der Waals surface area contributed by atoms with Gasteiger partial charge in [-0.15, -0.1) is 0 Å². The number of nitrogens with zero attached hydrogens (tertiary/aromatic N) is 3. The molecule has 0 fully saturated rings. The van der Waals surface area contributed by atoms with E-state index in [2.05, 4.69) is 10.4 Å². The predicted octanol–water partition coefficient (Wildman–Crippen LogP) is 3.23. The molecule has 1 amide bonds. The largest absolute Gasteiger partial charge is 0.493 e. The Labute approximate surface area is 182 Å². The molecule has 1 heterocycles. The van der Waals surface area contributed by atoms with Crippen LogP contribution in [-0.2, 0) is 4.74 Å². The Morgan fingerprint density at radius 3 is 2.34 bits per heavy atom. The standard InChI is InChI=1S/C21H20N4O7/c1-4-32-21(27)16-9-10-24(23-16)14-7-5-13(6-8-14)22-20(26)15-11-18(30-2)19(31-3)12-17(15)25(28)29/h5-12H,4H2,1-3H3,(H,22,26). The molecule has 166 valence electrons. The molecule has 0 saturated heterocycles. The van der Waals surface area contributed by atoms with Gasteiger partial charge in [-0.1, -0.05) is 0 Å². The van der Waals surface area contributed by atoms with Crippen molar-refractivity contribution in [2.24, 2.45) is 0 Å². The minimum atomic E-state index is -0.686. The van der Waals surface area contributed by atoms with Crippen LogP contribution in [0.15, 0.2) is 48.7 Å². The van der Waals surface area contributed by atoms with Gasteiger partial charge in [0, 0.05) is 18.0 Å². The van der Waals surface area contributed by atoms with Gasteiger partial charge in [-0.05, 0) is 37.3 Å². The maximum atomic E-state index is 12.7. The third kappa shape index (κ3) is 4.67. The van der Waals surface area contributed by atoms with Crippen LogP contribution in [0.25, 0.3) is 5.69 Å². The number of methoxy groups -OCH3 is 2. The Morgan fingerprint density at radius 1 is 1.09 bits per heavy atom. The molecule has 3 aromatic rings. The molecule has 32 heavy (non-hydrogen) atoms. The number of nitro groups is 1. The summed E-state index contributed by atoms with van der Waals surface area (Å²) in [7, 11) is 2.71. The van der Waals surface area contributed by atoms with E-state index in [1.54, 1.807) is 37.4 Å². The van der Waals surface area contributed by atoms with Crippen LogP contribution in [0.5, 0.6) is 11.5 Å². The molecule has 0 aliphatic rings. The first-order chi connectivity index (χ1) is 15.4. The van der Waals surface area contributed by atoms with E-state index in [0.29, 0.717) is 11.4 Å². The predicted molar refractivity (Wildman–Crippen MR) is 114 cm³/mol. The second-order valence-corrected chi connectivity index (χ2v) is 6.35. The SMILES string of the molecule is CCOC(=O)c1ccn(-c2ccc(NC(=O)c3cc(OC)c(OC)cc3[N+](=O)[O-])cc2)n1. The van der Waals surface area contributed by atoms with E-state index in [9.17, 15) is 19.7 Å². The Morgan fingerprint density at radius 2 is 1.75 bits per heavy atom. The molecule has 0 atom stereocenters. The molecule has 2 aromatic carbocycles. The van der Waals surface area contributed by atoms with Gasteiger partial charge in [-0.3, -0.25) is 14.9 Å². The lowest BCUT2D eigenvalue weighted by Crippen LogP contribution is -2.14. The van der Waals surface area contributed by atoms with Gasteiger partial charge in [0.15, 0.2) is 17.2 Å². The van der Waals surface area contributed by atoms with Crippen molar-refractivity contribution in [3.63, 3.8) is 0 Å². The fraction of sp³-hybridized carbons (Fsp3) is 0.190. The third-order valence-corrected chi connectivity index (χ3v) is 4.41. The summed E-state index contributed by atoms with van der Waals surface area (Å²) >= 11 is 0. The van der Waals surface area contributed by atoms with Gasteiger partial charge in [0.1, 0.15) is 5.56 Å². The van der Waals surface area contributed by atoms with Gasteiger partial charge >= 0.3 is 5.97 Å². The van der Waals surface area contributed by atoms with Crippen molar-refractivity contribution in [2.45, 2.75) is 6.92 Å². The minimum absolute atomic E-state index is 0.140. The number of rotatable bonds is 8. The summed E-state index contributed by atoms with van der Waals surface area (Å²) in [4.78, 5) is 35.2. The molecule has 1 aromatic heterocycles. The molecular formula is C21H20N4O7. The molecule has 0 bridgehead atoms. The van der Waals surface area contributed by atoms with E-state index in [4.69, 9.17) is 14.2 Å². The van der Waals surface area contributed by atoms with Gasteiger partial charge in [0.2, 0.25) is 0 Å². The fourth-order valence-electron chi connectivity index (χ4n) is 2.88. The third-order valence-electron chi connectivity index (χ3n) is 4.41. The zero-order valence-corrected chi connectivity index (χ0v) is 17.5. The summed E-state index contributed by atoms with van der Waals surface area (Å²) in [6.45, 7) is 1.96. The van der Waals surface area contributed by atoms with Crippen molar-refractivity contribution >= 4 is 23.3 Å². The van der Waals surface area contributed by atoms with Crippen molar-refractivity contribution in [1.82, 2.24) is 9.78 Å². The molecule has 1 N–H and O–H groups in total. The molecule has 0 spiro atoms. The summed E-state index contributed by atoms with van der Waals surface area (Å²) < 4.78 is 16.6. The second kappa shape index (κ2) is 9.60. The maximum absolute atomic E-state index is 12.7. The zero-order valence-electron chi connectivity index (χ0n) is 17.5. The summed E-state index contributed by atoms with van der Waals surface area (Å²) in [5.74, 6) is -0.878. The Bertz CT molecular complexity index is 1160. The van der Waals surface area contributed by atoms with Crippen molar-refractivity contribution in [3.8, 4) is 17.2 Å². The van der Waals surface area contributed by atoms with Gasteiger partial charge < -0.3 is 19.5 Å². The van der Waals surface area contributed by atoms with E-state index in [-0.39, 0.29) is 29.4 Å². The number of nitro benzene ring substituents is 1. The summed E-state index contributed by atoms with van der Waals surface area (Å²) in [6.07, 6.45) is 1.60. The topological polar surface area (TPSA) is 135 Å². The molecule has 0 radical (unpaired) electrons. The number of hydrogen-bond donors (Lipinski definition) is 1. The van der Waals surface area contributed by atoms with Crippen LogP contribution >= 0.6 is 0 Å². The van der Waals surface area contributed by atoms with E-state index < -0.39 is 22.5 Å². The number of esters is 1. The number of carbonyl (C=O) groups is 2. The highest BCUT2D eigenvalue weighted by Gasteiger charge is 2.24. The smallest absolute Gasteiger partial charge is 0.358 e. The first-order valence-electron chi connectivity index (χ1n) is 9.43. The molecular weight excluding hydrogens is 420 g/mol. The number of amides is 1. The van der Waals surface area contributed by atoms with Crippen molar-refractivity contribution in [2.75, 3.05) is 26.1 Å². The molecule has 0 unspecified atom stereocenters. The zero-order chi connectivity index (χ0) is 23.3. The number of carbonyl (C=O) groups excluding carboxylic acids is 2.